The minimum atomic E-state index is -0.822. The Kier molecular flexibility index (Phi) is 4.77. The van der Waals surface area contributed by atoms with Crippen LogP contribution >= 0.6 is 11.6 Å². The van der Waals surface area contributed by atoms with Gasteiger partial charge in [0.25, 0.3) is 0 Å². The van der Waals surface area contributed by atoms with Gasteiger partial charge in [-0.2, -0.15) is 0 Å². The molecule has 1 unspecified atom stereocenters. The number of aliphatic hydroxyl groups excluding tert-OH is 1. The molecule has 0 aliphatic carbocycles. The molecule has 0 aliphatic rings. The van der Waals surface area contributed by atoms with E-state index in [1.54, 1.807) is 24.3 Å². The lowest BCUT2D eigenvalue weighted by atomic mass is 10.3. The second-order valence-electron chi connectivity index (χ2n) is 2.81. The molecule has 1 atom stereocenters. The maximum atomic E-state index is 9.30. The molecular weight excluding hydrogens is 218 g/mol. The summed E-state index contributed by atoms with van der Waals surface area (Å²) in [4.78, 5) is 2.53. The second-order valence-corrected chi connectivity index (χ2v) is 3.22. The molecule has 0 heterocycles. The van der Waals surface area contributed by atoms with Crippen molar-refractivity contribution >= 4 is 11.6 Å². The van der Waals surface area contributed by atoms with E-state index in [1.807, 2.05) is 0 Å². The van der Waals surface area contributed by atoms with Crippen LogP contribution in [0.25, 0.3) is 10.4 Å². The summed E-state index contributed by atoms with van der Waals surface area (Å²) in [6.45, 7) is 0.0315. The third kappa shape index (κ3) is 4.08. The molecule has 1 aromatic rings. The van der Waals surface area contributed by atoms with E-state index in [0.717, 1.165) is 0 Å². The Morgan fingerprint density at radius 1 is 1.53 bits per heavy atom. The van der Waals surface area contributed by atoms with Crippen molar-refractivity contribution in [1.29, 1.82) is 0 Å². The molecule has 0 bridgehead atoms. The van der Waals surface area contributed by atoms with Gasteiger partial charge in [0, 0.05) is 4.91 Å². The zero-order valence-corrected chi connectivity index (χ0v) is 8.63. The lowest BCUT2D eigenvalue weighted by Gasteiger charge is -2.10. The Morgan fingerprint density at radius 2 is 2.27 bits per heavy atom. The van der Waals surface area contributed by atoms with Gasteiger partial charge in [0.2, 0.25) is 0 Å². The maximum absolute atomic E-state index is 9.30. The first-order valence-corrected chi connectivity index (χ1v) is 4.68. The van der Waals surface area contributed by atoms with Crippen LogP contribution in [0.1, 0.15) is 0 Å². The predicted molar refractivity (Wildman–Crippen MR) is 57.0 cm³/mol. The van der Waals surface area contributed by atoms with Crippen molar-refractivity contribution in [2.24, 2.45) is 5.11 Å². The summed E-state index contributed by atoms with van der Waals surface area (Å²) in [6.07, 6.45) is -0.822. The average molecular weight is 228 g/mol. The number of para-hydroxylation sites is 1. The number of halogens is 1. The summed E-state index contributed by atoms with van der Waals surface area (Å²) >= 11 is 5.82. The first-order valence-electron chi connectivity index (χ1n) is 4.30. The molecular formula is C9H10ClN3O2. The van der Waals surface area contributed by atoms with Crippen LogP contribution in [0.3, 0.4) is 0 Å². The molecule has 1 rings (SSSR count). The van der Waals surface area contributed by atoms with Crippen LogP contribution in [0, 0.1) is 0 Å². The van der Waals surface area contributed by atoms with Gasteiger partial charge >= 0.3 is 0 Å². The van der Waals surface area contributed by atoms with E-state index < -0.39 is 6.10 Å². The van der Waals surface area contributed by atoms with Crippen molar-refractivity contribution in [3.8, 4) is 5.75 Å². The molecule has 0 aromatic heterocycles. The van der Waals surface area contributed by atoms with Crippen molar-refractivity contribution in [1.82, 2.24) is 0 Å². The Balaban J connectivity index is 2.43. The van der Waals surface area contributed by atoms with Crippen LogP contribution in [-0.4, -0.2) is 24.4 Å². The van der Waals surface area contributed by atoms with E-state index in [4.69, 9.17) is 21.9 Å². The Labute approximate surface area is 91.9 Å². The van der Waals surface area contributed by atoms with Gasteiger partial charge in [-0.05, 0) is 17.7 Å². The Hall–Kier alpha value is -1.42. The Morgan fingerprint density at radius 3 is 2.93 bits per heavy atom. The van der Waals surface area contributed by atoms with E-state index in [9.17, 15) is 5.11 Å². The minimum absolute atomic E-state index is 0.0129. The molecule has 5 nitrogen and oxygen atoms in total. The molecule has 0 saturated carbocycles. The van der Waals surface area contributed by atoms with Crippen LogP contribution < -0.4 is 4.74 Å². The molecule has 80 valence electrons. The summed E-state index contributed by atoms with van der Waals surface area (Å²) in [5.74, 6) is 0.499. The number of benzene rings is 1. The van der Waals surface area contributed by atoms with Crippen LogP contribution in [0.15, 0.2) is 29.4 Å². The highest BCUT2D eigenvalue weighted by Crippen LogP contribution is 2.22. The highest BCUT2D eigenvalue weighted by Gasteiger charge is 2.05. The normalized spacial score (nSPS) is 11.6. The molecule has 0 aliphatic heterocycles. The largest absolute Gasteiger partial charge is 0.489 e. The summed E-state index contributed by atoms with van der Waals surface area (Å²) in [6, 6.07) is 6.95. The van der Waals surface area contributed by atoms with Gasteiger partial charge in [-0.3, -0.25) is 0 Å². The zero-order valence-electron chi connectivity index (χ0n) is 7.88. The van der Waals surface area contributed by atoms with Gasteiger partial charge in [-0.1, -0.05) is 28.8 Å². The highest BCUT2D eigenvalue weighted by atomic mass is 35.5. The SMILES string of the molecule is [N-]=[N+]=NCC(O)COc1ccccc1Cl. The summed E-state index contributed by atoms with van der Waals surface area (Å²) < 4.78 is 5.23. The van der Waals surface area contributed by atoms with Gasteiger partial charge in [0.1, 0.15) is 12.4 Å². The smallest absolute Gasteiger partial charge is 0.138 e. The third-order valence-electron chi connectivity index (χ3n) is 1.62. The van der Waals surface area contributed by atoms with Crippen molar-refractivity contribution in [2.75, 3.05) is 13.2 Å². The number of hydrogen-bond donors (Lipinski definition) is 1. The molecule has 0 amide bonds. The molecule has 0 radical (unpaired) electrons. The van der Waals surface area contributed by atoms with Crippen molar-refractivity contribution in [3.63, 3.8) is 0 Å². The number of rotatable bonds is 5. The van der Waals surface area contributed by atoms with Gasteiger partial charge < -0.3 is 9.84 Å². The lowest BCUT2D eigenvalue weighted by Crippen LogP contribution is -2.20. The fourth-order valence-corrected chi connectivity index (χ4v) is 1.12. The minimum Gasteiger partial charge on any atom is -0.489 e. The number of azide groups is 1. The van der Waals surface area contributed by atoms with Gasteiger partial charge in [-0.25, -0.2) is 0 Å². The molecule has 1 aromatic carbocycles. The van der Waals surface area contributed by atoms with Gasteiger partial charge in [0.05, 0.1) is 17.7 Å². The first kappa shape index (κ1) is 11.7. The maximum Gasteiger partial charge on any atom is 0.138 e. The van der Waals surface area contributed by atoms with Crippen LogP contribution in [0.5, 0.6) is 5.75 Å². The quantitative estimate of drug-likeness (QED) is 0.476. The van der Waals surface area contributed by atoms with E-state index in [-0.39, 0.29) is 13.2 Å². The number of ether oxygens (including phenoxy) is 1. The summed E-state index contributed by atoms with van der Waals surface area (Å²) in [5, 5.41) is 13.0. The van der Waals surface area contributed by atoms with E-state index >= 15 is 0 Å². The molecule has 0 saturated heterocycles. The van der Waals surface area contributed by atoms with Crippen molar-refractivity contribution < 1.29 is 9.84 Å². The average Bonchev–Trinajstić information content (AvgIpc) is 2.25. The summed E-state index contributed by atoms with van der Waals surface area (Å²) in [5.41, 5.74) is 8.03. The molecule has 1 N–H and O–H groups in total. The zero-order chi connectivity index (χ0) is 11.1. The molecule has 0 fully saturated rings. The lowest BCUT2D eigenvalue weighted by molar-refractivity contribution is 0.114. The molecule has 15 heavy (non-hydrogen) atoms. The monoisotopic (exact) mass is 227 g/mol. The number of nitrogens with zero attached hydrogens (tertiary/aromatic N) is 3. The standard InChI is InChI=1S/C9H10ClN3O2/c10-8-3-1-2-4-9(8)15-6-7(14)5-12-13-11/h1-4,7,14H,5-6H2. The van der Waals surface area contributed by atoms with Crippen LogP contribution in [-0.2, 0) is 0 Å². The van der Waals surface area contributed by atoms with Crippen molar-refractivity contribution in [3.05, 3.63) is 39.7 Å². The van der Waals surface area contributed by atoms with Gasteiger partial charge in [-0.15, -0.1) is 0 Å². The van der Waals surface area contributed by atoms with Crippen LogP contribution in [0.4, 0.5) is 0 Å². The fraction of sp³-hybridized carbons (Fsp3) is 0.333. The Bertz CT molecular complexity index is 366. The van der Waals surface area contributed by atoms with E-state index in [2.05, 4.69) is 10.0 Å². The van der Waals surface area contributed by atoms with E-state index in [0.29, 0.717) is 10.8 Å². The molecule has 0 spiro atoms. The predicted octanol–water partition coefficient (Wildman–Crippen LogP) is 2.39. The highest BCUT2D eigenvalue weighted by molar-refractivity contribution is 6.32. The summed E-state index contributed by atoms with van der Waals surface area (Å²) in [7, 11) is 0. The second kappa shape index (κ2) is 6.14. The topological polar surface area (TPSA) is 78.2 Å². The molecule has 6 heteroatoms. The number of hydrogen-bond acceptors (Lipinski definition) is 3. The number of aliphatic hydroxyl groups is 1. The fourth-order valence-electron chi connectivity index (χ4n) is 0.931. The first-order chi connectivity index (χ1) is 7.24. The van der Waals surface area contributed by atoms with Crippen LogP contribution in [0.2, 0.25) is 5.02 Å². The van der Waals surface area contributed by atoms with E-state index in [1.165, 1.54) is 0 Å². The third-order valence-corrected chi connectivity index (χ3v) is 1.94. The van der Waals surface area contributed by atoms with Crippen molar-refractivity contribution in [2.45, 2.75) is 6.10 Å². The van der Waals surface area contributed by atoms with Gasteiger partial charge in [0.15, 0.2) is 0 Å².